The summed E-state index contributed by atoms with van der Waals surface area (Å²) in [6.07, 6.45) is 1.17. The maximum atomic E-state index is 5.15. The molecular weight excluding hydrogens is 316 g/mol. The molecule has 4 heteroatoms. The Bertz CT molecular complexity index is 385. The second-order valence-electron chi connectivity index (χ2n) is 4.96. The third kappa shape index (κ3) is 6.35. The van der Waals surface area contributed by atoms with E-state index in [-0.39, 0.29) is 0 Å². The molecule has 1 aromatic carbocycles. The van der Waals surface area contributed by atoms with Crippen LogP contribution in [-0.4, -0.2) is 38.3 Å². The number of nitrogens with zero attached hydrogens (tertiary/aromatic N) is 1. The lowest BCUT2D eigenvalue weighted by Gasteiger charge is -2.21. The van der Waals surface area contributed by atoms with E-state index in [1.807, 2.05) is 0 Å². The Morgan fingerprint density at radius 3 is 2.70 bits per heavy atom. The summed E-state index contributed by atoms with van der Waals surface area (Å²) in [6, 6.07) is 6.66. The predicted octanol–water partition coefficient (Wildman–Crippen LogP) is 3.42. The van der Waals surface area contributed by atoms with Gasteiger partial charge < -0.3 is 10.1 Å². The molecule has 1 aromatic rings. The highest BCUT2D eigenvalue weighted by Gasteiger charge is 2.07. The van der Waals surface area contributed by atoms with Gasteiger partial charge in [0, 0.05) is 31.2 Å². The molecule has 1 rings (SSSR count). The zero-order valence-corrected chi connectivity index (χ0v) is 14.5. The summed E-state index contributed by atoms with van der Waals surface area (Å²) in [4.78, 5) is 2.39. The first-order valence-electron chi connectivity index (χ1n) is 7.40. The largest absolute Gasteiger partial charge is 0.383 e. The number of halogens is 1. The van der Waals surface area contributed by atoms with E-state index in [0.29, 0.717) is 0 Å². The van der Waals surface area contributed by atoms with Crippen LogP contribution in [0.3, 0.4) is 0 Å². The van der Waals surface area contributed by atoms with E-state index in [2.05, 4.69) is 58.2 Å². The molecule has 20 heavy (non-hydrogen) atoms. The van der Waals surface area contributed by atoms with E-state index >= 15 is 0 Å². The maximum Gasteiger partial charge on any atom is 0.0589 e. The summed E-state index contributed by atoms with van der Waals surface area (Å²) in [5.74, 6) is 0. The van der Waals surface area contributed by atoms with Gasteiger partial charge in [-0.05, 0) is 36.7 Å². The monoisotopic (exact) mass is 342 g/mol. The molecule has 0 aliphatic heterocycles. The van der Waals surface area contributed by atoms with Crippen molar-refractivity contribution in [3.05, 3.63) is 33.8 Å². The molecule has 0 radical (unpaired) electrons. The van der Waals surface area contributed by atoms with E-state index in [9.17, 15) is 0 Å². The molecule has 0 amide bonds. The van der Waals surface area contributed by atoms with E-state index < -0.39 is 0 Å². The first kappa shape index (κ1) is 17.6. The summed E-state index contributed by atoms with van der Waals surface area (Å²) in [7, 11) is 1.75. The highest BCUT2D eigenvalue weighted by Crippen LogP contribution is 2.20. The molecule has 0 atom stereocenters. The van der Waals surface area contributed by atoms with Crippen molar-refractivity contribution in [3.63, 3.8) is 0 Å². The Kier molecular flexibility index (Phi) is 9.10. The zero-order valence-electron chi connectivity index (χ0n) is 12.9. The number of rotatable bonds is 10. The quantitative estimate of drug-likeness (QED) is 0.659. The van der Waals surface area contributed by atoms with Crippen molar-refractivity contribution in [1.82, 2.24) is 10.2 Å². The van der Waals surface area contributed by atoms with Crippen LogP contribution in [0.25, 0.3) is 0 Å². The fourth-order valence-electron chi connectivity index (χ4n) is 2.05. The molecule has 0 unspecified atom stereocenters. The van der Waals surface area contributed by atoms with Crippen molar-refractivity contribution in [2.24, 2.45) is 0 Å². The third-order valence-corrected chi connectivity index (χ3v) is 4.06. The lowest BCUT2D eigenvalue weighted by Crippen LogP contribution is -2.26. The van der Waals surface area contributed by atoms with Crippen molar-refractivity contribution < 1.29 is 4.74 Å². The number of hydrogen-bond donors (Lipinski definition) is 1. The van der Waals surface area contributed by atoms with Crippen molar-refractivity contribution >= 4 is 15.9 Å². The summed E-state index contributed by atoms with van der Waals surface area (Å²) in [6.45, 7) is 10.1. The van der Waals surface area contributed by atoms with Crippen LogP contribution in [0.15, 0.2) is 22.7 Å². The molecule has 1 N–H and O–H groups in total. The van der Waals surface area contributed by atoms with Crippen LogP contribution in [-0.2, 0) is 17.8 Å². The average Bonchev–Trinajstić information content (AvgIpc) is 2.46. The summed E-state index contributed by atoms with van der Waals surface area (Å²) in [5.41, 5.74) is 2.66. The number of hydrogen-bond acceptors (Lipinski definition) is 3. The predicted molar refractivity (Wildman–Crippen MR) is 89.0 cm³/mol. The Balaban J connectivity index is 2.57. The number of benzene rings is 1. The van der Waals surface area contributed by atoms with Gasteiger partial charge in [0.15, 0.2) is 0 Å². The van der Waals surface area contributed by atoms with Gasteiger partial charge in [-0.1, -0.05) is 41.9 Å². The highest BCUT2D eigenvalue weighted by molar-refractivity contribution is 9.10. The molecule has 0 saturated heterocycles. The normalized spacial score (nSPS) is 11.2. The molecule has 0 bridgehead atoms. The van der Waals surface area contributed by atoms with Crippen molar-refractivity contribution in [2.75, 3.05) is 33.4 Å². The summed E-state index contributed by atoms with van der Waals surface area (Å²) >= 11 is 3.70. The van der Waals surface area contributed by atoms with Crippen LogP contribution >= 0.6 is 15.9 Å². The van der Waals surface area contributed by atoms with Crippen LogP contribution < -0.4 is 5.32 Å². The molecule has 0 spiro atoms. The second kappa shape index (κ2) is 10.3. The molecule has 0 aromatic heterocycles. The van der Waals surface area contributed by atoms with E-state index in [0.717, 1.165) is 39.3 Å². The number of ether oxygens (including phenoxy) is 1. The Hall–Kier alpha value is -0.420. The number of likely N-dealkylation sites (N-methyl/N-ethyl adjacent to an activating group) is 1. The Morgan fingerprint density at radius 1 is 1.30 bits per heavy atom. The van der Waals surface area contributed by atoms with Crippen LogP contribution in [0.4, 0.5) is 0 Å². The highest BCUT2D eigenvalue weighted by atomic mass is 79.9. The Morgan fingerprint density at radius 2 is 2.10 bits per heavy atom. The first-order valence-corrected chi connectivity index (χ1v) is 8.19. The van der Waals surface area contributed by atoms with Crippen molar-refractivity contribution in [2.45, 2.75) is 33.4 Å². The summed E-state index contributed by atoms with van der Waals surface area (Å²) < 4.78 is 6.35. The molecule has 3 nitrogen and oxygen atoms in total. The second-order valence-corrected chi connectivity index (χ2v) is 5.82. The molecular formula is C16H27BrN2O. The minimum atomic E-state index is 0.782. The zero-order chi connectivity index (χ0) is 14.8. The van der Waals surface area contributed by atoms with Crippen LogP contribution in [0.1, 0.15) is 31.4 Å². The van der Waals surface area contributed by atoms with E-state index in [1.165, 1.54) is 22.0 Å². The van der Waals surface area contributed by atoms with Gasteiger partial charge in [0.05, 0.1) is 6.61 Å². The van der Waals surface area contributed by atoms with Crippen LogP contribution in [0.5, 0.6) is 0 Å². The van der Waals surface area contributed by atoms with Crippen molar-refractivity contribution in [1.29, 1.82) is 0 Å². The van der Waals surface area contributed by atoms with Gasteiger partial charge in [0.2, 0.25) is 0 Å². The number of methoxy groups -OCH3 is 1. The van der Waals surface area contributed by atoms with Gasteiger partial charge >= 0.3 is 0 Å². The van der Waals surface area contributed by atoms with Crippen molar-refractivity contribution in [3.8, 4) is 0 Å². The van der Waals surface area contributed by atoms with Gasteiger partial charge in [-0.15, -0.1) is 0 Å². The maximum absolute atomic E-state index is 5.15. The van der Waals surface area contributed by atoms with Gasteiger partial charge in [-0.3, -0.25) is 4.90 Å². The van der Waals surface area contributed by atoms with E-state index in [1.54, 1.807) is 7.11 Å². The Labute approximate surface area is 131 Å². The van der Waals surface area contributed by atoms with E-state index in [4.69, 9.17) is 4.74 Å². The standard InChI is InChI=1S/C16H27BrN2O/c1-4-8-18-12-14-6-7-15(16(17)11-14)13-19(5-2)9-10-20-3/h6-7,11,18H,4-5,8-10,12-13H2,1-3H3. The summed E-state index contributed by atoms with van der Waals surface area (Å²) in [5, 5.41) is 3.43. The molecule has 0 aliphatic rings. The fourth-order valence-corrected chi connectivity index (χ4v) is 2.60. The molecule has 114 valence electrons. The molecule has 0 heterocycles. The minimum absolute atomic E-state index is 0.782. The van der Waals surface area contributed by atoms with Gasteiger partial charge in [0.25, 0.3) is 0 Å². The average molecular weight is 343 g/mol. The van der Waals surface area contributed by atoms with Crippen LogP contribution in [0, 0.1) is 0 Å². The van der Waals surface area contributed by atoms with Gasteiger partial charge in [-0.2, -0.15) is 0 Å². The lowest BCUT2D eigenvalue weighted by atomic mass is 10.1. The van der Waals surface area contributed by atoms with Gasteiger partial charge in [0.1, 0.15) is 0 Å². The lowest BCUT2D eigenvalue weighted by molar-refractivity contribution is 0.147. The molecule has 0 aliphatic carbocycles. The molecule has 0 fully saturated rings. The smallest absolute Gasteiger partial charge is 0.0589 e. The third-order valence-electron chi connectivity index (χ3n) is 3.33. The SMILES string of the molecule is CCCNCc1ccc(CN(CC)CCOC)c(Br)c1. The fraction of sp³-hybridized carbons (Fsp3) is 0.625. The van der Waals surface area contributed by atoms with Crippen LogP contribution in [0.2, 0.25) is 0 Å². The van der Waals surface area contributed by atoms with Gasteiger partial charge in [-0.25, -0.2) is 0 Å². The molecule has 0 saturated carbocycles. The first-order chi connectivity index (χ1) is 9.71. The minimum Gasteiger partial charge on any atom is -0.383 e. The topological polar surface area (TPSA) is 24.5 Å². The number of nitrogens with one attached hydrogen (secondary N) is 1.